The summed E-state index contributed by atoms with van der Waals surface area (Å²) in [5, 5.41) is 16.4. The van der Waals surface area contributed by atoms with Crippen molar-refractivity contribution in [2.45, 2.75) is 6.54 Å². The van der Waals surface area contributed by atoms with E-state index in [4.69, 9.17) is 4.52 Å². The fourth-order valence-corrected chi connectivity index (χ4v) is 2.66. The molecular weight excluding hydrogens is 294 g/mol. The Morgan fingerprint density at radius 1 is 1.33 bits per heavy atom. The molecule has 21 heavy (non-hydrogen) atoms. The monoisotopic (exact) mass is 303 g/mol. The van der Waals surface area contributed by atoms with Crippen molar-refractivity contribution in [2.24, 2.45) is 0 Å². The molecule has 0 fully saturated rings. The highest BCUT2D eigenvalue weighted by molar-refractivity contribution is 7.13. The largest absolute Gasteiger partial charge is 0.442 e. The van der Waals surface area contributed by atoms with Crippen molar-refractivity contribution in [1.29, 1.82) is 0 Å². The third-order valence-electron chi connectivity index (χ3n) is 2.89. The highest BCUT2D eigenvalue weighted by Gasteiger charge is 2.15. The van der Waals surface area contributed by atoms with Crippen molar-refractivity contribution in [3.05, 3.63) is 68.0 Å². The van der Waals surface area contributed by atoms with Gasteiger partial charge >= 0.3 is 5.76 Å². The number of nitrogens with zero attached hydrogens (tertiary/aromatic N) is 3. The van der Waals surface area contributed by atoms with Gasteiger partial charge in [0.1, 0.15) is 0 Å². The SMILES string of the molecule is O=c1onc(-c2cccs2)n1Cc1cccc([N+](=O)[O-])c1. The van der Waals surface area contributed by atoms with Crippen LogP contribution in [0.1, 0.15) is 5.56 Å². The van der Waals surface area contributed by atoms with Crippen LogP contribution < -0.4 is 5.76 Å². The van der Waals surface area contributed by atoms with Crippen LogP contribution in [0.5, 0.6) is 0 Å². The number of non-ortho nitro benzene ring substituents is 1. The lowest BCUT2D eigenvalue weighted by Crippen LogP contribution is -2.16. The second kappa shape index (κ2) is 5.33. The van der Waals surface area contributed by atoms with Crippen LogP contribution >= 0.6 is 11.3 Å². The van der Waals surface area contributed by atoms with Crippen molar-refractivity contribution in [3.8, 4) is 10.7 Å². The first-order valence-corrected chi connectivity index (χ1v) is 6.87. The Kier molecular flexibility index (Phi) is 3.36. The van der Waals surface area contributed by atoms with Crippen molar-refractivity contribution < 1.29 is 9.45 Å². The van der Waals surface area contributed by atoms with Gasteiger partial charge in [0.2, 0.25) is 0 Å². The molecule has 0 saturated carbocycles. The maximum Gasteiger partial charge on any atom is 0.442 e. The Morgan fingerprint density at radius 3 is 2.90 bits per heavy atom. The summed E-state index contributed by atoms with van der Waals surface area (Å²) in [5.41, 5.74) is 0.613. The number of hydrogen-bond acceptors (Lipinski definition) is 6. The molecule has 106 valence electrons. The maximum atomic E-state index is 11.8. The molecule has 0 bridgehead atoms. The summed E-state index contributed by atoms with van der Waals surface area (Å²) in [6, 6.07) is 9.79. The van der Waals surface area contributed by atoms with Crippen LogP contribution in [0.2, 0.25) is 0 Å². The molecule has 0 aliphatic carbocycles. The number of aromatic nitrogens is 2. The van der Waals surface area contributed by atoms with E-state index in [-0.39, 0.29) is 12.2 Å². The average molecular weight is 303 g/mol. The summed E-state index contributed by atoms with van der Waals surface area (Å²) >= 11 is 1.43. The predicted molar refractivity (Wildman–Crippen MR) is 76.3 cm³/mol. The zero-order valence-corrected chi connectivity index (χ0v) is 11.4. The molecule has 3 aromatic rings. The van der Waals surface area contributed by atoms with Crippen molar-refractivity contribution in [2.75, 3.05) is 0 Å². The van der Waals surface area contributed by atoms with Crippen LogP contribution in [0, 0.1) is 10.1 Å². The Hall–Kier alpha value is -2.74. The Balaban J connectivity index is 1.99. The first-order valence-electron chi connectivity index (χ1n) is 5.99. The third-order valence-corrected chi connectivity index (χ3v) is 3.76. The molecule has 0 aliphatic rings. The van der Waals surface area contributed by atoms with E-state index in [1.54, 1.807) is 12.1 Å². The molecule has 0 spiro atoms. The predicted octanol–water partition coefficient (Wildman–Crippen LogP) is 2.52. The zero-order chi connectivity index (χ0) is 14.8. The molecule has 0 unspecified atom stereocenters. The van der Waals surface area contributed by atoms with E-state index in [0.717, 1.165) is 4.88 Å². The van der Waals surface area contributed by atoms with Gasteiger partial charge in [-0.05, 0) is 17.0 Å². The normalized spacial score (nSPS) is 10.7. The van der Waals surface area contributed by atoms with E-state index >= 15 is 0 Å². The molecule has 0 radical (unpaired) electrons. The molecule has 2 aromatic heterocycles. The fourth-order valence-electron chi connectivity index (χ4n) is 1.94. The quantitative estimate of drug-likeness (QED) is 0.545. The van der Waals surface area contributed by atoms with Gasteiger partial charge in [-0.25, -0.2) is 4.79 Å². The number of hydrogen-bond donors (Lipinski definition) is 0. The lowest BCUT2D eigenvalue weighted by atomic mass is 10.2. The van der Waals surface area contributed by atoms with Gasteiger partial charge in [0.15, 0.2) is 5.82 Å². The molecule has 7 nitrogen and oxygen atoms in total. The fraction of sp³-hybridized carbons (Fsp3) is 0.0769. The van der Waals surface area contributed by atoms with E-state index in [1.165, 1.54) is 28.0 Å². The van der Waals surface area contributed by atoms with E-state index in [2.05, 4.69) is 5.16 Å². The molecule has 2 heterocycles. The Morgan fingerprint density at radius 2 is 2.19 bits per heavy atom. The number of nitro groups is 1. The minimum Gasteiger partial charge on any atom is -0.295 e. The van der Waals surface area contributed by atoms with E-state index in [9.17, 15) is 14.9 Å². The molecule has 3 rings (SSSR count). The number of benzene rings is 1. The number of rotatable bonds is 4. The molecule has 0 N–H and O–H groups in total. The summed E-state index contributed by atoms with van der Waals surface area (Å²) < 4.78 is 6.05. The first-order chi connectivity index (χ1) is 10.1. The zero-order valence-electron chi connectivity index (χ0n) is 10.6. The Bertz CT molecular complexity index is 835. The molecule has 0 aliphatic heterocycles. The van der Waals surface area contributed by atoms with Crippen LogP contribution in [-0.4, -0.2) is 14.6 Å². The third kappa shape index (κ3) is 2.61. The van der Waals surface area contributed by atoms with Crippen LogP contribution in [0.4, 0.5) is 5.69 Å². The number of nitro benzene ring substituents is 1. The van der Waals surface area contributed by atoms with E-state index in [1.807, 2.05) is 17.5 Å². The molecule has 8 heteroatoms. The van der Waals surface area contributed by atoms with E-state index < -0.39 is 10.7 Å². The molecule has 1 aromatic carbocycles. The first kappa shape index (κ1) is 13.3. The van der Waals surface area contributed by atoms with Crippen molar-refractivity contribution in [3.63, 3.8) is 0 Å². The second-order valence-electron chi connectivity index (χ2n) is 4.26. The van der Waals surface area contributed by atoms with E-state index in [0.29, 0.717) is 11.4 Å². The van der Waals surface area contributed by atoms with Crippen molar-refractivity contribution in [1.82, 2.24) is 9.72 Å². The van der Waals surface area contributed by atoms with Gasteiger partial charge in [-0.3, -0.25) is 19.2 Å². The highest BCUT2D eigenvalue weighted by Crippen LogP contribution is 2.22. The average Bonchev–Trinajstić information content (AvgIpc) is 3.10. The molecule has 0 atom stereocenters. The minimum absolute atomic E-state index is 0.0188. The molecule has 0 saturated heterocycles. The smallest absolute Gasteiger partial charge is 0.295 e. The maximum absolute atomic E-state index is 11.8. The standard InChI is InChI=1S/C13H9N3O4S/c17-13-15(12(14-20-13)11-5-2-6-21-11)8-9-3-1-4-10(7-9)16(18)19/h1-7H,8H2. The van der Waals surface area contributed by atoms with Gasteiger partial charge in [-0.15, -0.1) is 11.3 Å². The molecular formula is C13H9N3O4S. The summed E-state index contributed by atoms with van der Waals surface area (Å²) in [6.45, 7) is 0.164. The Labute approximate surface area is 122 Å². The minimum atomic E-state index is -0.593. The lowest BCUT2D eigenvalue weighted by Gasteiger charge is -2.03. The van der Waals surface area contributed by atoms with Gasteiger partial charge in [0.25, 0.3) is 5.69 Å². The van der Waals surface area contributed by atoms with Gasteiger partial charge < -0.3 is 0 Å². The second-order valence-corrected chi connectivity index (χ2v) is 5.21. The topological polar surface area (TPSA) is 91.2 Å². The summed E-state index contributed by atoms with van der Waals surface area (Å²) in [4.78, 5) is 22.9. The van der Waals surface area contributed by atoms with Crippen LogP contribution in [0.3, 0.4) is 0 Å². The van der Waals surface area contributed by atoms with Gasteiger partial charge in [0.05, 0.1) is 16.3 Å². The van der Waals surface area contributed by atoms with Crippen LogP contribution in [0.25, 0.3) is 10.7 Å². The van der Waals surface area contributed by atoms with Crippen LogP contribution in [0.15, 0.2) is 51.1 Å². The molecule has 0 amide bonds. The summed E-state index contributed by atoms with van der Waals surface area (Å²) in [5.74, 6) is -0.175. The lowest BCUT2D eigenvalue weighted by molar-refractivity contribution is -0.384. The number of thiophene rings is 1. The van der Waals surface area contributed by atoms with Crippen molar-refractivity contribution >= 4 is 17.0 Å². The summed E-state index contributed by atoms with van der Waals surface area (Å²) in [6.07, 6.45) is 0. The van der Waals surface area contributed by atoms with Gasteiger partial charge in [0, 0.05) is 12.1 Å². The highest BCUT2D eigenvalue weighted by atomic mass is 32.1. The summed E-state index contributed by atoms with van der Waals surface area (Å²) in [7, 11) is 0. The van der Waals surface area contributed by atoms with Crippen LogP contribution in [-0.2, 0) is 6.54 Å². The van der Waals surface area contributed by atoms with Gasteiger partial charge in [-0.2, -0.15) is 0 Å². The van der Waals surface area contributed by atoms with Gasteiger partial charge in [-0.1, -0.05) is 23.4 Å².